The van der Waals surface area contributed by atoms with E-state index in [4.69, 9.17) is 5.73 Å². The molecule has 1 aromatic carbocycles. The van der Waals surface area contributed by atoms with E-state index in [1.807, 2.05) is 11.6 Å². The number of hydrogen-bond acceptors (Lipinski definition) is 3. The van der Waals surface area contributed by atoms with Crippen molar-refractivity contribution in [1.82, 2.24) is 14.5 Å². The number of imidazole rings is 1. The average molecular weight is 242 g/mol. The number of hydrogen-bond donors (Lipinski definition) is 1. The summed E-state index contributed by atoms with van der Waals surface area (Å²) in [5, 5.41) is 0. The minimum Gasteiger partial charge on any atom is -0.397 e. The number of aromatic nitrogens is 3. The number of aryl methyl sites for hydroxylation is 1. The summed E-state index contributed by atoms with van der Waals surface area (Å²) in [4.78, 5) is 8.37. The highest BCUT2D eigenvalue weighted by Gasteiger charge is 2.12. The third-order valence-electron chi connectivity index (χ3n) is 2.94. The molecule has 90 valence electrons. The molecule has 0 unspecified atom stereocenters. The Labute approximate surface area is 103 Å². The Kier molecular flexibility index (Phi) is 2.26. The molecule has 0 spiro atoms. The number of pyridine rings is 1. The third-order valence-corrected chi connectivity index (χ3v) is 2.94. The predicted octanol–water partition coefficient (Wildman–Crippen LogP) is 2.36. The van der Waals surface area contributed by atoms with Gasteiger partial charge in [-0.3, -0.25) is 4.98 Å². The molecule has 0 aliphatic carbocycles. The van der Waals surface area contributed by atoms with Crippen molar-refractivity contribution in [3.05, 3.63) is 42.5 Å². The quantitative estimate of drug-likeness (QED) is 0.712. The van der Waals surface area contributed by atoms with Gasteiger partial charge in [0.05, 0.1) is 22.9 Å². The molecule has 0 amide bonds. The van der Waals surface area contributed by atoms with Gasteiger partial charge in [-0.2, -0.15) is 0 Å². The van der Waals surface area contributed by atoms with Gasteiger partial charge in [0.1, 0.15) is 11.6 Å². The Morgan fingerprint density at radius 2 is 2.11 bits per heavy atom. The molecule has 0 radical (unpaired) electrons. The fraction of sp³-hybridized carbons (Fsp3) is 0.0769. The lowest BCUT2D eigenvalue weighted by Gasteiger charge is -2.04. The number of benzene rings is 1. The van der Waals surface area contributed by atoms with Gasteiger partial charge in [-0.15, -0.1) is 0 Å². The second-order valence-electron chi connectivity index (χ2n) is 4.09. The summed E-state index contributed by atoms with van der Waals surface area (Å²) in [6.45, 7) is 0. The zero-order chi connectivity index (χ0) is 12.7. The maximum atomic E-state index is 13.2. The Bertz CT molecular complexity index is 733. The second-order valence-corrected chi connectivity index (χ2v) is 4.09. The molecule has 2 aromatic heterocycles. The molecule has 0 aliphatic rings. The van der Waals surface area contributed by atoms with Crippen LogP contribution < -0.4 is 5.73 Å². The van der Waals surface area contributed by atoms with Crippen molar-refractivity contribution >= 4 is 16.7 Å². The van der Waals surface area contributed by atoms with E-state index >= 15 is 0 Å². The minimum absolute atomic E-state index is 0.296. The molecule has 4 nitrogen and oxygen atoms in total. The van der Waals surface area contributed by atoms with Crippen LogP contribution in [0.25, 0.3) is 22.4 Å². The summed E-state index contributed by atoms with van der Waals surface area (Å²) < 4.78 is 15.1. The van der Waals surface area contributed by atoms with E-state index in [1.54, 1.807) is 24.5 Å². The van der Waals surface area contributed by atoms with Crippen LogP contribution in [0.1, 0.15) is 0 Å². The van der Waals surface area contributed by atoms with Crippen LogP contribution in [0, 0.1) is 5.82 Å². The highest BCUT2D eigenvalue weighted by Crippen LogP contribution is 2.27. The lowest BCUT2D eigenvalue weighted by molar-refractivity contribution is 0.629. The summed E-state index contributed by atoms with van der Waals surface area (Å²) in [6, 6.07) is 6.34. The SMILES string of the molecule is Cn1c(-c2ccncc2N)nc2cc(F)ccc21. The first-order chi connectivity index (χ1) is 8.66. The number of fused-ring (bicyclic) bond motifs is 1. The molecular weight excluding hydrogens is 231 g/mol. The van der Waals surface area contributed by atoms with Crippen LogP contribution in [-0.4, -0.2) is 14.5 Å². The molecule has 0 bridgehead atoms. The Balaban J connectivity index is 2.31. The molecule has 3 aromatic rings. The standard InChI is InChI=1S/C13H11FN4/c1-18-12-3-2-8(14)6-11(12)17-13(18)9-4-5-16-7-10(9)15/h2-7H,15H2,1H3. The van der Waals surface area contributed by atoms with Crippen LogP contribution in [0.4, 0.5) is 10.1 Å². The molecule has 0 fully saturated rings. The van der Waals surface area contributed by atoms with E-state index in [9.17, 15) is 4.39 Å². The van der Waals surface area contributed by atoms with Gasteiger partial charge in [0.25, 0.3) is 0 Å². The summed E-state index contributed by atoms with van der Waals surface area (Å²) in [5.74, 6) is 0.408. The molecular formula is C13H11FN4. The smallest absolute Gasteiger partial charge is 0.143 e. The van der Waals surface area contributed by atoms with E-state index in [-0.39, 0.29) is 5.82 Å². The van der Waals surface area contributed by atoms with Gasteiger partial charge in [-0.25, -0.2) is 9.37 Å². The number of nitrogens with zero attached hydrogens (tertiary/aromatic N) is 3. The van der Waals surface area contributed by atoms with E-state index in [2.05, 4.69) is 9.97 Å². The van der Waals surface area contributed by atoms with Crippen molar-refractivity contribution in [3.63, 3.8) is 0 Å². The number of nitrogens with two attached hydrogens (primary N) is 1. The number of nitrogen functional groups attached to an aromatic ring is 1. The van der Waals surface area contributed by atoms with Crippen LogP contribution >= 0.6 is 0 Å². The zero-order valence-electron chi connectivity index (χ0n) is 9.76. The highest BCUT2D eigenvalue weighted by molar-refractivity contribution is 5.83. The topological polar surface area (TPSA) is 56.7 Å². The van der Waals surface area contributed by atoms with E-state index in [1.165, 1.54) is 12.1 Å². The van der Waals surface area contributed by atoms with Crippen LogP contribution in [0.2, 0.25) is 0 Å². The largest absolute Gasteiger partial charge is 0.397 e. The van der Waals surface area contributed by atoms with Crippen LogP contribution in [0.15, 0.2) is 36.7 Å². The van der Waals surface area contributed by atoms with Gasteiger partial charge in [-0.05, 0) is 18.2 Å². The van der Waals surface area contributed by atoms with E-state index < -0.39 is 0 Å². The Morgan fingerprint density at radius 3 is 2.89 bits per heavy atom. The Morgan fingerprint density at radius 1 is 1.28 bits per heavy atom. The van der Waals surface area contributed by atoms with E-state index in [0.717, 1.165) is 11.1 Å². The van der Waals surface area contributed by atoms with Crippen LogP contribution in [0.5, 0.6) is 0 Å². The van der Waals surface area contributed by atoms with Gasteiger partial charge >= 0.3 is 0 Å². The third kappa shape index (κ3) is 1.52. The average Bonchev–Trinajstić information content (AvgIpc) is 2.67. The molecule has 3 rings (SSSR count). The van der Waals surface area contributed by atoms with Crippen molar-refractivity contribution in [3.8, 4) is 11.4 Å². The maximum Gasteiger partial charge on any atom is 0.143 e. The normalized spacial score (nSPS) is 11.0. The maximum absolute atomic E-state index is 13.2. The van der Waals surface area contributed by atoms with Gasteiger partial charge in [0.15, 0.2) is 0 Å². The first kappa shape index (κ1) is 10.7. The van der Waals surface area contributed by atoms with E-state index in [0.29, 0.717) is 17.0 Å². The number of rotatable bonds is 1. The van der Waals surface area contributed by atoms with Gasteiger partial charge < -0.3 is 10.3 Å². The first-order valence-corrected chi connectivity index (χ1v) is 5.48. The summed E-state index contributed by atoms with van der Waals surface area (Å²) in [7, 11) is 1.88. The summed E-state index contributed by atoms with van der Waals surface area (Å²) in [6.07, 6.45) is 3.24. The van der Waals surface area contributed by atoms with Gasteiger partial charge in [0.2, 0.25) is 0 Å². The molecule has 0 saturated heterocycles. The Hall–Kier alpha value is -2.43. The highest BCUT2D eigenvalue weighted by atomic mass is 19.1. The number of anilines is 1. The van der Waals surface area contributed by atoms with Gasteiger partial charge in [-0.1, -0.05) is 0 Å². The minimum atomic E-state index is -0.296. The summed E-state index contributed by atoms with van der Waals surface area (Å²) >= 11 is 0. The van der Waals surface area contributed by atoms with Gasteiger partial charge in [0, 0.05) is 24.9 Å². The van der Waals surface area contributed by atoms with Crippen molar-refractivity contribution in [2.75, 3.05) is 5.73 Å². The fourth-order valence-electron chi connectivity index (χ4n) is 2.02. The molecule has 5 heteroatoms. The lowest BCUT2D eigenvalue weighted by Crippen LogP contribution is -1.97. The van der Waals surface area contributed by atoms with Crippen LogP contribution in [-0.2, 0) is 7.05 Å². The molecule has 0 atom stereocenters. The zero-order valence-corrected chi connectivity index (χ0v) is 9.76. The predicted molar refractivity (Wildman–Crippen MR) is 68.3 cm³/mol. The first-order valence-electron chi connectivity index (χ1n) is 5.48. The molecule has 2 N–H and O–H groups in total. The molecule has 0 saturated carbocycles. The second kappa shape index (κ2) is 3.80. The van der Waals surface area contributed by atoms with Crippen molar-refractivity contribution in [2.24, 2.45) is 7.05 Å². The molecule has 2 heterocycles. The number of halogens is 1. The van der Waals surface area contributed by atoms with Crippen molar-refractivity contribution < 1.29 is 4.39 Å². The van der Waals surface area contributed by atoms with Crippen molar-refractivity contribution in [1.29, 1.82) is 0 Å². The molecule has 0 aliphatic heterocycles. The van der Waals surface area contributed by atoms with Crippen molar-refractivity contribution in [2.45, 2.75) is 0 Å². The fourth-order valence-corrected chi connectivity index (χ4v) is 2.02. The van der Waals surface area contributed by atoms with Crippen LogP contribution in [0.3, 0.4) is 0 Å². The monoisotopic (exact) mass is 242 g/mol. The lowest BCUT2D eigenvalue weighted by atomic mass is 10.2. The molecule has 18 heavy (non-hydrogen) atoms. The summed E-state index contributed by atoms with van der Waals surface area (Å²) in [5.41, 5.74) is 8.71.